The second-order valence-corrected chi connectivity index (χ2v) is 4.82. The van der Waals surface area contributed by atoms with Crippen LogP contribution in [0.2, 0.25) is 0 Å². The van der Waals surface area contributed by atoms with Crippen LogP contribution in [0.25, 0.3) is 0 Å². The summed E-state index contributed by atoms with van der Waals surface area (Å²) >= 11 is 0. The van der Waals surface area contributed by atoms with E-state index in [1.165, 1.54) is 0 Å². The van der Waals surface area contributed by atoms with Gasteiger partial charge in [0, 0.05) is 24.4 Å². The van der Waals surface area contributed by atoms with E-state index >= 15 is 0 Å². The van der Waals surface area contributed by atoms with Gasteiger partial charge in [-0.2, -0.15) is 0 Å². The number of oxime groups is 1. The maximum absolute atomic E-state index is 12.5. The number of hydrogen-bond donors (Lipinski definition) is 1. The summed E-state index contributed by atoms with van der Waals surface area (Å²) in [5, 5.41) is 12.4. The van der Waals surface area contributed by atoms with Crippen molar-refractivity contribution in [3.8, 4) is 0 Å². The van der Waals surface area contributed by atoms with Gasteiger partial charge in [-0.1, -0.05) is 37.2 Å². The predicted octanol–water partition coefficient (Wildman–Crippen LogP) is 3.04. The van der Waals surface area contributed by atoms with Crippen LogP contribution < -0.4 is 4.90 Å². The minimum absolute atomic E-state index is 0.0701. The van der Waals surface area contributed by atoms with E-state index in [9.17, 15) is 4.79 Å². The lowest BCUT2D eigenvalue weighted by atomic mass is 9.96. The fourth-order valence-corrected chi connectivity index (χ4v) is 2.62. The van der Waals surface area contributed by atoms with Gasteiger partial charge in [-0.25, -0.2) is 0 Å². The first kappa shape index (κ1) is 13.6. The number of anilines is 1. The molecule has 2 rings (SSSR count). The van der Waals surface area contributed by atoms with Crippen molar-refractivity contribution in [3.63, 3.8) is 0 Å². The number of hydrogen-bond acceptors (Lipinski definition) is 3. The molecule has 0 saturated heterocycles. The molecule has 0 bridgehead atoms. The van der Waals surface area contributed by atoms with E-state index in [2.05, 4.69) is 5.16 Å². The van der Waals surface area contributed by atoms with Gasteiger partial charge in [0.25, 0.3) is 0 Å². The minimum atomic E-state index is 0.0701. The average molecular weight is 260 g/mol. The van der Waals surface area contributed by atoms with Crippen molar-refractivity contribution >= 4 is 17.3 Å². The summed E-state index contributed by atoms with van der Waals surface area (Å²) < 4.78 is 0. The third kappa shape index (κ3) is 2.48. The smallest absolute Gasteiger partial charge is 0.230 e. The normalized spacial score (nSPS) is 16.8. The lowest BCUT2D eigenvalue weighted by Gasteiger charge is -2.32. The molecule has 1 N–H and O–H groups in total. The minimum Gasteiger partial charge on any atom is -0.411 e. The predicted molar refractivity (Wildman–Crippen MR) is 75.8 cm³/mol. The maximum atomic E-state index is 12.5. The van der Waals surface area contributed by atoms with Gasteiger partial charge >= 0.3 is 0 Å². The number of nitrogens with zero attached hydrogens (tertiary/aromatic N) is 2. The van der Waals surface area contributed by atoms with E-state index < -0.39 is 0 Å². The molecule has 19 heavy (non-hydrogen) atoms. The molecule has 0 fully saturated rings. The van der Waals surface area contributed by atoms with Crippen LogP contribution in [-0.4, -0.2) is 23.4 Å². The number of carbonyl (C=O) groups excluding carboxylic acids is 1. The monoisotopic (exact) mass is 260 g/mol. The second-order valence-electron chi connectivity index (χ2n) is 4.82. The number of amides is 1. The number of carbonyl (C=O) groups is 1. The van der Waals surface area contributed by atoms with Crippen LogP contribution in [0.4, 0.5) is 5.69 Å². The summed E-state index contributed by atoms with van der Waals surface area (Å²) in [6.07, 6.45) is 2.31. The number of benzene rings is 1. The number of para-hydroxylation sites is 1. The fraction of sp³-hybridized carbons (Fsp3) is 0.467. The lowest BCUT2D eigenvalue weighted by Crippen LogP contribution is -2.41. The Kier molecular flexibility index (Phi) is 4.20. The Morgan fingerprint density at radius 3 is 2.68 bits per heavy atom. The molecule has 102 valence electrons. The molecule has 1 aromatic rings. The van der Waals surface area contributed by atoms with E-state index in [0.29, 0.717) is 18.7 Å². The Bertz CT molecular complexity index is 493. The van der Waals surface area contributed by atoms with E-state index in [-0.39, 0.29) is 11.8 Å². The molecule has 0 aromatic heterocycles. The van der Waals surface area contributed by atoms with Gasteiger partial charge in [-0.3, -0.25) is 4.79 Å². The second kappa shape index (κ2) is 5.87. The van der Waals surface area contributed by atoms with Crippen molar-refractivity contribution in [1.29, 1.82) is 0 Å². The van der Waals surface area contributed by atoms with Gasteiger partial charge in [0.2, 0.25) is 5.91 Å². The van der Waals surface area contributed by atoms with Crippen LogP contribution in [0.3, 0.4) is 0 Å². The topological polar surface area (TPSA) is 52.9 Å². The Hall–Kier alpha value is -1.84. The van der Waals surface area contributed by atoms with Crippen molar-refractivity contribution in [3.05, 3.63) is 29.8 Å². The van der Waals surface area contributed by atoms with E-state index in [0.717, 1.165) is 24.1 Å². The zero-order chi connectivity index (χ0) is 13.8. The zero-order valence-corrected chi connectivity index (χ0v) is 11.5. The molecule has 0 unspecified atom stereocenters. The van der Waals surface area contributed by atoms with Gasteiger partial charge in [-0.15, -0.1) is 0 Å². The molecule has 4 nitrogen and oxygen atoms in total. The van der Waals surface area contributed by atoms with Crippen LogP contribution in [0.1, 0.15) is 38.7 Å². The highest BCUT2D eigenvalue weighted by atomic mass is 16.4. The Labute approximate surface area is 113 Å². The van der Waals surface area contributed by atoms with Crippen LogP contribution in [0, 0.1) is 5.92 Å². The summed E-state index contributed by atoms with van der Waals surface area (Å²) in [6.45, 7) is 4.68. The van der Waals surface area contributed by atoms with E-state index in [1.54, 1.807) is 0 Å². The molecule has 4 heteroatoms. The van der Waals surface area contributed by atoms with Gasteiger partial charge < -0.3 is 10.1 Å². The lowest BCUT2D eigenvalue weighted by molar-refractivity contribution is -0.122. The average Bonchev–Trinajstić information content (AvgIpc) is 2.47. The summed E-state index contributed by atoms with van der Waals surface area (Å²) in [5.41, 5.74) is 2.37. The van der Waals surface area contributed by atoms with Crippen molar-refractivity contribution in [2.45, 2.75) is 33.1 Å². The summed E-state index contributed by atoms with van der Waals surface area (Å²) in [5.74, 6) is 0.245. The number of fused-ring (bicyclic) bond motifs is 1. The molecule has 0 atom stereocenters. The summed E-state index contributed by atoms with van der Waals surface area (Å²) in [7, 11) is 0. The summed E-state index contributed by atoms with van der Waals surface area (Å²) in [4.78, 5) is 14.4. The molecule has 1 aromatic carbocycles. The highest BCUT2D eigenvalue weighted by Gasteiger charge is 2.29. The van der Waals surface area contributed by atoms with Crippen LogP contribution >= 0.6 is 0 Å². The van der Waals surface area contributed by atoms with Gasteiger partial charge in [-0.05, 0) is 18.9 Å². The largest absolute Gasteiger partial charge is 0.411 e. The molecule has 0 saturated carbocycles. The third-order valence-electron chi connectivity index (χ3n) is 3.80. The van der Waals surface area contributed by atoms with Crippen LogP contribution in [0.15, 0.2) is 29.4 Å². The van der Waals surface area contributed by atoms with Crippen molar-refractivity contribution in [1.82, 2.24) is 0 Å². The molecule has 0 aliphatic carbocycles. The van der Waals surface area contributed by atoms with E-state index in [4.69, 9.17) is 5.21 Å². The van der Waals surface area contributed by atoms with Crippen LogP contribution in [0.5, 0.6) is 0 Å². The SMILES string of the molecule is CCC(CC)C(=O)N1CCC(=NO)c2ccccc21. The third-order valence-corrected chi connectivity index (χ3v) is 3.80. The molecular formula is C15H20N2O2. The Morgan fingerprint density at radius 1 is 1.37 bits per heavy atom. The number of rotatable bonds is 3. The molecule has 0 radical (unpaired) electrons. The quantitative estimate of drug-likeness (QED) is 0.671. The first-order valence-electron chi connectivity index (χ1n) is 6.84. The highest BCUT2D eigenvalue weighted by Crippen LogP contribution is 2.29. The van der Waals surface area contributed by atoms with Gasteiger partial charge in [0.15, 0.2) is 0 Å². The summed E-state index contributed by atoms with van der Waals surface area (Å²) in [6, 6.07) is 7.62. The molecule has 1 aliphatic heterocycles. The molecular weight excluding hydrogens is 240 g/mol. The Morgan fingerprint density at radius 2 is 2.05 bits per heavy atom. The highest BCUT2D eigenvalue weighted by molar-refractivity contribution is 6.11. The first-order chi connectivity index (χ1) is 9.22. The maximum Gasteiger partial charge on any atom is 0.230 e. The first-order valence-corrected chi connectivity index (χ1v) is 6.84. The van der Waals surface area contributed by atoms with Crippen LogP contribution in [-0.2, 0) is 4.79 Å². The zero-order valence-electron chi connectivity index (χ0n) is 11.5. The molecule has 0 spiro atoms. The molecule has 1 heterocycles. The Balaban J connectivity index is 2.37. The standard InChI is InChI=1S/C15H20N2O2/c1-3-11(4-2)15(18)17-10-9-13(16-19)12-7-5-6-8-14(12)17/h5-8,11,19H,3-4,9-10H2,1-2H3. The fourth-order valence-electron chi connectivity index (χ4n) is 2.62. The molecule has 1 aliphatic rings. The molecule has 1 amide bonds. The van der Waals surface area contributed by atoms with E-state index in [1.807, 2.05) is 43.0 Å². The van der Waals surface area contributed by atoms with Gasteiger partial charge in [0.1, 0.15) is 0 Å². The van der Waals surface area contributed by atoms with Gasteiger partial charge in [0.05, 0.1) is 11.4 Å². The van der Waals surface area contributed by atoms with Crippen molar-refractivity contribution in [2.75, 3.05) is 11.4 Å². The van der Waals surface area contributed by atoms with Crippen molar-refractivity contribution in [2.24, 2.45) is 11.1 Å². The van der Waals surface area contributed by atoms with Crippen molar-refractivity contribution < 1.29 is 10.0 Å².